The van der Waals surface area contributed by atoms with Gasteiger partial charge in [-0.05, 0) is 24.6 Å². The van der Waals surface area contributed by atoms with Crippen molar-refractivity contribution in [3.8, 4) is 0 Å². The molecular formula is C17H18N2O2. The van der Waals surface area contributed by atoms with Crippen LogP contribution in [0.25, 0.3) is 0 Å². The van der Waals surface area contributed by atoms with Crippen molar-refractivity contribution < 1.29 is 9.59 Å². The average molecular weight is 282 g/mol. The first-order valence-electron chi connectivity index (χ1n) is 6.76. The van der Waals surface area contributed by atoms with Gasteiger partial charge in [0.05, 0.1) is 11.3 Å². The Morgan fingerprint density at radius 1 is 1.00 bits per heavy atom. The van der Waals surface area contributed by atoms with Crippen molar-refractivity contribution in [3.63, 3.8) is 0 Å². The third-order valence-electron chi connectivity index (χ3n) is 3.06. The summed E-state index contributed by atoms with van der Waals surface area (Å²) in [6.07, 6.45) is 0. The number of nitrogens with one attached hydrogen (secondary N) is 2. The molecule has 0 aliphatic rings. The molecule has 2 N–H and O–H groups in total. The number of carbonyl (C=O) groups is 2. The number of carbonyl (C=O) groups excluding carboxylic acids is 2. The monoisotopic (exact) mass is 282 g/mol. The molecule has 4 nitrogen and oxygen atoms in total. The minimum Gasteiger partial charge on any atom is -0.348 e. The van der Waals surface area contributed by atoms with Gasteiger partial charge < -0.3 is 10.6 Å². The van der Waals surface area contributed by atoms with E-state index in [0.717, 1.165) is 5.56 Å². The molecule has 0 unspecified atom stereocenters. The molecular weight excluding hydrogens is 264 g/mol. The Kier molecular flexibility index (Phi) is 4.72. The lowest BCUT2D eigenvalue weighted by Crippen LogP contribution is -2.24. The van der Waals surface area contributed by atoms with Gasteiger partial charge in [0, 0.05) is 13.5 Å². The standard InChI is InChI=1S/C17H18N2O2/c1-12-7-9-14(10-8-12)11-18-17(21)15-5-3-4-6-16(15)19-13(2)20/h3-10H,11H2,1-2H3,(H,18,21)(H,19,20). The zero-order valence-electron chi connectivity index (χ0n) is 12.1. The highest BCUT2D eigenvalue weighted by molar-refractivity contribution is 6.03. The molecule has 0 bridgehead atoms. The van der Waals surface area contributed by atoms with Crippen LogP contribution in [0.15, 0.2) is 48.5 Å². The van der Waals surface area contributed by atoms with Gasteiger partial charge in [-0.25, -0.2) is 0 Å². The van der Waals surface area contributed by atoms with E-state index < -0.39 is 0 Å². The topological polar surface area (TPSA) is 58.2 Å². The Balaban J connectivity index is 2.06. The molecule has 0 radical (unpaired) electrons. The van der Waals surface area contributed by atoms with Gasteiger partial charge in [-0.1, -0.05) is 42.0 Å². The van der Waals surface area contributed by atoms with Gasteiger partial charge in [-0.15, -0.1) is 0 Å². The van der Waals surface area contributed by atoms with Crippen molar-refractivity contribution >= 4 is 17.5 Å². The summed E-state index contributed by atoms with van der Waals surface area (Å²) in [4.78, 5) is 23.4. The van der Waals surface area contributed by atoms with Crippen LogP contribution in [0.4, 0.5) is 5.69 Å². The highest BCUT2D eigenvalue weighted by Gasteiger charge is 2.11. The fraction of sp³-hybridized carbons (Fsp3) is 0.176. The Hall–Kier alpha value is -2.62. The molecule has 4 heteroatoms. The largest absolute Gasteiger partial charge is 0.348 e. The Labute approximate surface area is 124 Å². The normalized spacial score (nSPS) is 10.0. The molecule has 108 valence electrons. The molecule has 21 heavy (non-hydrogen) atoms. The molecule has 0 aliphatic heterocycles. The lowest BCUT2D eigenvalue weighted by atomic mass is 10.1. The molecule has 2 aromatic carbocycles. The van der Waals surface area contributed by atoms with Gasteiger partial charge in [0.25, 0.3) is 5.91 Å². The minimum absolute atomic E-state index is 0.200. The second kappa shape index (κ2) is 6.70. The quantitative estimate of drug-likeness (QED) is 0.906. The van der Waals surface area contributed by atoms with Crippen LogP contribution in [0.2, 0.25) is 0 Å². The summed E-state index contributed by atoms with van der Waals surface area (Å²) in [5, 5.41) is 5.52. The van der Waals surface area contributed by atoms with Crippen LogP contribution in [0.1, 0.15) is 28.4 Å². The van der Waals surface area contributed by atoms with Crippen LogP contribution < -0.4 is 10.6 Å². The number of para-hydroxylation sites is 1. The first-order chi connectivity index (χ1) is 10.1. The number of hydrogen-bond donors (Lipinski definition) is 2. The van der Waals surface area contributed by atoms with Gasteiger partial charge in [-0.2, -0.15) is 0 Å². The van der Waals surface area contributed by atoms with Crippen molar-refractivity contribution in [1.82, 2.24) is 5.32 Å². The van der Waals surface area contributed by atoms with Crippen LogP contribution in [-0.2, 0) is 11.3 Å². The third kappa shape index (κ3) is 4.18. The fourth-order valence-corrected chi connectivity index (χ4v) is 1.96. The van der Waals surface area contributed by atoms with Crippen molar-refractivity contribution in [2.75, 3.05) is 5.32 Å². The summed E-state index contributed by atoms with van der Waals surface area (Å²) >= 11 is 0. The molecule has 0 fully saturated rings. The molecule has 0 atom stereocenters. The zero-order valence-corrected chi connectivity index (χ0v) is 12.1. The van der Waals surface area contributed by atoms with Crippen molar-refractivity contribution in [2.24, 2.45) is 0 Å². The molecule has 0 spiro atoms. The van der Waals surface area contributed by atoms with E-state index in [1.165, 1.54) is 12.5 Å². The number of rotatable bonds is 4. The van der Waals surface area contributed by atoms with E-state index in [-0.39, 0.29) is 11.8 Å². The SMILES string of the molecule is CC(=O)Nc1ccccc1C(=O)NCc1ccc(C)cc1. The van der Waals surface area contributed by atoms with Gasteiger partial charge >= 0.3 is 0 Å². The summed E-state index contributed by atoms with van der Waals surface area (Å²) < 4.78 is 0. The number of benzene rings is 2. The Bertz CT molecular complexity index is 648. The first kappa shape index (κ1) is 14.8. The summed E-state index contributed by atoms with van der Waals surface area (Å²) in [5.74, 6) is -0.409. The lowest BCUT2D eigenvalue weighted by Gasteiger charge is -2.10. The number of aryl methyl sites for hydroxylation is 1. The highest BCUT2D eigenvalue weighted by atomic mass is 16.2. The van der Waals surface area contributed by atoms with E-state index >= 15 is 0 Å². The van der Waals surface area contributed by atoms with E-state index in [2.05, 4.69) is 10.6 Å². The Morgan fingerprint density at radius 2 is 1.67 bits per heavy atom. The maximum Gasteiger partial charge on any atom is 0.253 e. The summed E-state index contributed by atoms with van der Waals surface area (Å²) in [6.45, 7) is 3.89. The van der Waals surface area contributed by atoms with Crippen LogP contribution >= 0.6 is 0 Å². The van der Waals surface area contributed by atoms with E-state index in [1.807, 2.05) is 31.2 Å². The summed E-state index contributed by atoms with van der Waals surface area (Å²) in [6, 6.07) is 14.9. The second-order valence-electron chi connectivity index (χ2n) is 4.90. The van der Waals surface area contributed by atoms with Gasteiger partial charge in [0.2, 0.25) is 5.91 Å². The Morgan fingerprint density at radius 3 is 2.33 bits per heavy atom. The summed E-state index contributed by atoms with van der Waals surface area (Å²) in [7, 11) is 0. The number of anilines is 1. The van der Waals surface area contributed by atoms with Gasteiger partial charge in [-0.3, -0.25) is 9.59 Å². The van der Waals surface area contributed by atoms with Crippen molar-refractivity contribution in [1.29, 1.82) is 0 Å². The predicted octanol–water partition coefficient (Wildman–Crippen LogP) is 2.88. The molecule has 2 amide bonds. The van der Waals surface area contributed by atoms with E-state index in [0.29, 0.717) is 17.8 Å². The van der Waals surface area contributed by atoms with Gasteiger partial charge in [0.15, 0.2) is 0 Å². The van der Waals surface area contributed by atoms with E-state index in [9.17, 15) is 9.59 Å². The zero-order chi connectivity index (χ0) is 15.2. The lowest BCUT2D eigenvalue weighted by molar-refractivity contribution is -0.114. The van der Waals surface area contributed by atoms with Gasteiger partial charge in [0.1, 0.15) is 0 Å². The van der Waals surface area contributed by atoms with Crippen molar-refractivity contribution in [2.45, 2.75) is 20.4 Å². The number of hydrogen-bond acceptors (Lipinski definition) is 2. The summed E-state index contributed by atoms with van der Waals surface area (Å²) in [5.41, 5.74) is 3.19. The highest BCUT2D eigenvalue weighted by Crippen LogP contribution is 2.15. The molecule has 0 saturated carbocycles. The van der Waals surface area contributed by atoms with Crippen LogP contribution in [-0.4, -0.2) is 11.8 Å². The third-order valence-corrected chi connectivity index (χ3v) is 3.06. The maximum atomic E-state index is 12.2. The molecule has 2 rings (SSSR count). The molecule has 0 aromatic heterocycles. The van der Waals surface area contributed by atoms with Crippen LogP contribution in [0.3, 0.4) is 0 Å². The molecule has 0 heterocycles. The fourth-order valence-electron chi connectivity index (χ4n) is 1.96. The van der Waals surface area contributed by atoms with E-state index in [4.69, 9.17) is 0 Å². The van der Waals surface area contributed by atoms with Crippen molar-refractivity contribution in [3.05, 3.63) is 65.2 Å². The first-order valence-corrected chi connectivity index (χ1v) is 6.76. The van der Waals surface area contributed by atoms with Crippen LogP contribution in [0, 0.1) is 6.92 Å². The number of amides is 2. The molecule has 2 aromatic rings. The maximum absolute atomic E-state index is 12.2. The molecule has 0 saturated heterocycles. The average Bonchev–Trinajstić information content (AvgIpc) is 2.46. The van der Waals surface area contributed by atoms with E-state index in [1.54, 1.807) is 24.3 Å². The smallest absolute Gasteiger partial charge is 0.253 e. The molecule has 0 aliphatic carbocycles. The minimum atomic E-state index is -0.208. The predicted molar refractivity (Wildman–Crippen MR) is 83.1 cm³/mol. The van der Waals surface area contributed by atoms with Crippen LogP contribution in [0.5, 0.6) is 0 Å². The second-order valence-corrected chi connectivity index (χ2v) is 4.90.